The fraction of sp³-hybridized carbons (Fsp3) is 0.0800. The highest BCUT2D eigenvalue weighted by atomic mass is 35.5. The molecule has 5 aromatic rings. The SMILES string of the molecule is Cc1ccc(-n2c(N)c(C(=O)NCc3ccc(Cl)cc3)c3nc4ccccc4nc32)cc1Cl. The monoisotopic (exact) mass is 475 g/mol. The molecule has 164 valence electrons. The zero-order valence-electron chi connectivity index (χ0n) is 17.6. The molecule has 0 radical (unpaired) electrons. The summed E-state index contributed by atoms with van der Waals surface area (Å²) in [5.74, 6) is -0.0946. The summed E-state index contributed by atoms with van der Waals surface area (Å²) in [5.41, 5.74) is 11.7. The lowest BCUT2D eigenvalue weighted by Gasteiger charge is -2.10. The van der Waals surface area contributed by atoms with Gasteiger partial charge in [0, 0.05) is 16.6 Å². The summed E-state index contributed by atoms with van der Waals surface area (Å²) in [7, 11) is 0. The molecule has 0 atom stereocenters. The van der Waals surface area contributed by atoms with Crippen molar-refractivity contribution in [2.75, 3.05) is 5.73 Å². The molecule has 3 aromatic carbocycles. The summed E-state index contributed by atoms with van der Waals surface area (Å²) in [5, 5.41) is 4.16. The third-order valence-electron chi connectivity index (χ3n) is 5.50. The minimum Gasteiger partial charge on any atom is -0.384 e. The van der Waals surface area contributed by atoms with E-state index in [1.54, 1.807) is 22.8 Å². The summed E-state index contributed by atoms with van der Waals surface area (Å²) < 4.78 is 1.72. The third-order valence-corrected chi connectivity index (χ3v) is 6.16. The minimum absolute atomic E-state index is 0.244. The van der Waals surface area contributed by atoms with Gasteiger partial charge in [0.1, 0.15) is 16.9 Å². The van der Waals surface area contributed by atoms with Crippen LogP contribution in [-0.4, -0.2) is 20.4 Å². The molecule has 0 fully saturated rings. The van der Waals surface area contributed by atoms with Gasteiger partial charge in [-0.25, -0.2) is 9.97 Å². The number of nitrogens with zero attached hydrogens (tertiary/aromatic N) is 3. The number of carbonyl (C=O) groups is 1. The number of halogens is 2. The van der Waals surface area contributed by atoms with Gasteiger partial charge in [0.05, 0.1) is 16.7 Å². The Morgan fingerprint density at radius 1 is 1.00 bits per heavy atom. The maximum absolute atomic E-state index is 13.3. The number of para-hydroxylation sites is 2. The van der Waals surface area contributed by atoms with Crippen LogP contribution < -0.4 is 11.1 Å². The average Bonchev–Trinajstić information content (AvgIpc) is 3.09. The first-order valence-electron chi connectivity index (χ1n) is 10.3. The average molecular weight is 476 g/mol. The van der Waals surface area contributed by atoms with Gasteiger partial charge in [-0.2, -0.15) is 0 Å². The Labute approximate surface area is 200 Å². The highest BCUT2D eigenvalue weighted by Gasteiger charge is 2.25. The van der Waals surface area contributed by atoms with Gasteiger partial charge in [-0.15, -0.1) is 0 Å². The number of rotatable bonds is 4. The lowest BCUT2D eigenvalue weighted by atomic mass is 10.2. The molecule has 0 saturated carbocycles. The Bertz CT molecular complexity index is 1530. The largest absolute Gasteiger partial charge is 0.384 e. The first-order valence-corrected chi connectivity index (χ1v) is 11.0. The maximum atomic E-state index is 13.3. The second-order valence-corrected chi connectivity index (χ2v) is 8.57. The Hall–Kier alpha value is -3.61. The zero-order valence-corrected chi connectivity index (χ0v) is 19.2. The van der Waals surface area contributed by atoms with Crippen LogP contribution in [0, 0.1) is 6.92 Å². The summed E-state index contributed by atoms with van der Waals surface area (Å²) >= 11 is 12.3. The van der Waals surface area contributed by atoms with Crippen LogP contribution in [0.3, 0.4) is 0 Å². The van der Waals surface area contributed by atoms with Crippen LogP contribution in [0.2, 0.25) is 10.0 Å². The molecule has 0 aliphatic rings. The van der Waals surface area contributed by atoms with Gasteiger partial charge in [0.15, 0.2) is 5.65 Å². The van der Waals surface area contributed by atoms with Gasteiger partial charge < -0.3 is 11.1 Å². The second-order valence-electron chi connectivity index (χ2n) is 7.72. The van der Waals surface area contributed by atoms with Crippen LogP contribution in [0.4, 0.5) is 5.82 Å². The molecule has 3 N–H and O–H groups in total. The van der Waals surface area contributed by atoms with E-state index in [4.69, 9.17) is 38.9 Å². The Morgan fingerprint density at radius 2 is 1.70 bits per heavy atom. The van der Waals surface area contributed by atoms with E-state index in [0.29, 0.717) is 44.5 Å². The first kappa shape index (κ1) is 21.2. The summed E-state index contributed by atoms with van der Waals surface area (Å²) in [6.07, 6.45) is 0. The summed E-state index contributed by atoms with van der Waals surface area (Å²) in [4.78, 5) is 22.8. The number of aromatic nitrogens is 3. The van der Waals surface area contributed by atoms with E-state index < -0.39 is 0 Å². The van der Waals surface area contributed by atoms with Crippen molar-refractivity contribution in [1.29, 1.82) is 0 Å². The number of benzene rings is 3. The predicted octanol–water partition coefficient (Wildman–Crippen LogP) is 5.70. The molecule has 33 heavy (non-hydrogen) atoms. The van der Waals surface area contributed by atoms with Crippen LogP contribution in [0.25, 0.3) is 27.9 Å². The smallest absolute Gasteiger partial charge is 0.257 e. The normalized spacial score (nSPS) is 11.2. The molecule has 5 rings (SSSR count). The molecular formula is C25H19Cl2N5O. The molecule has 0 aliphatic carbocycles. The van der Waals surface area contributed by atoms with Crippen LogP contribution in [0.5, 0.6) is 0 Å². The predicted molar refractivity (Wildman–Crippen MR) is 133 cm³/mol. The fourth-order valence-corrected chi connectivity index (χ4v) is 4.04. The van der Waals surface area contributed by atoms with Crippen molar-refractivity contribution in [3.05, 3.63) is 93.5 Å². The Balaban J connectivity index is 1.66. The Kier molecular flexibility index (Phi) is 5.40. The van der Waals surface area contributed by atoms with E-state index in [-0.39, 0.29) is 17.3 Å². The first-order chi connectivity index (χ1) is 15.9. The molecule has 0 saturated heterocycles. The lowest BCUT2D eigenvalue weighted by Crippen LogP contribution is -2.24. The summed E-state index contributed by atoms with van der Waals surface area (Å²) in [6.45, 7) is 2.24. The van der Waals surface area contributed by atoms with Gasteiger partial charge in [-0.3, -0.25) is 9.36 Å². The van der Waals surface area contributed by atoms with Crippen molar-refractivity contribution in [2.45, 2.75) is 13.5 Å². The molecule has 2 heterocycles. The van der Waals surface area contributed by atoms with Gasteiger partial charge in [0.25, 0.3) is 5.91 Å². The highest BCUT2D eigenvalue weighted by Crippen LogP contribution is 2.32. The van der Waals surface area contributed by atoms with Crippen molar-refractivity contribution >= 4 is 57.1 Å². The second kappa shape index (κ2) is 8.39. The van der Waals surface area contributed by atoms with Gasteiger partial charge in [-0.05, 0) is 54.4 Å². The third kappa shape index (κ3) is 3.88. The van der Waals surface area contributed by atoms with Crippen molar-refractivity contribution in [3.63, 3.8) is 0 Å². The van der Waals surface area contributed by atoms with E-state index in [0.717, 1.165) is 11.1 Å². The Morgan fingerprint density at radius 3 is 2.39 bits per heavy atom. The van der Waals surface area contributed by atoms with Crippen LogP contribution >= 0.6 is 23.2 Å². The molecule has 1 amide bonds. The fourth-order valence-electron chi connectivity index (χ4n) is 3.74. The van der Waals surface area contributed by atoms with Gasteiger partial charge in [0.2, 0.25) is 0 Å². The van der Waals surface area contributed by atoms with E-state index in [1.807, 2.05) is 55.5 Å². The van der Waals surface area contributed by atoms with Crippen LogP contribution in [0.15, 0.2) is 66.7 Å². The number of fused-ring (bicyclic) bond motifs is 2. The van der Waals surface area contributed by atoms with E-state index >= 15 is 0 Å². The number of amides is 1. The molecule has 8 heteroatoms. The number of carbonyl (C=O) groups excluding carboxylic acids is 1. The van der Waals surface area contributed by atoms with Gasteiger partial charge in [-0.1, -0.05) is 53.5 Å². The molecule has 0 aliphatic heterocycles. The number of nitrogens with one attached hydrogen (secondary N) is 1. The molecular weight excluding hydrogens is 457 g/mol. The van der Waals surface area contributed by atoms with E-state index in [1.165, 1.54) is 0 Å². The van der Waals surface area contributed by atoms with Gasteiger partial charge >= 0.3 is 0 Å². The zero-order chi connectivity index (χ0) is 23.1. The van der Waals surface area contributed by atoms with E-state index in [2.05, 4.69) is 5.32 Å². The molecule has 6 nitrogen and oxygen atoms in total. The molecule has 2 aromatic heterocycles. The maximum Gasteiger partial charge on any atom is 0.257 e. The van der Waals surface area contributed by atoms with E-state index in [9.17, 15) is 4.79 Å². The quantitative estimate of drug-likeness (QED) is 0.348. The molecule has 0 bridgehead atoms. The number of anilines is 1. The molecule has 0 unspecified atom stereocenters. The van der Waals surface area contributed by atoms with Crippen LogP contribution in [0.1, 0.15) is 21.5 Å². The summed E-state index contributed by atoms with van der Waals surface area (Å²) in [6, 6.07) is 20.4. The topological polar surface area (TPSA) is 85.8 Å². The highest BCUT2D eigenvalue weighted by molar-refractivity contribution is 6.31. The van der Waals surface area contributed by atoms with Crippen molar-refractivity contribution in [1.82, 2.24) is 19.9 Å². The van der Waals surface area contributed by atoms with Crippen LogP contribution in [-0.2, 0) is 6.54 Å². The standard InChI is InChI=1S/C25H19Cl2N5O/c1-14-6-11-17(12-18(14)27)32-23(28)21(25(33)29-13-15-7-9-16(26)10-8-15)22-24(32)31-20-5-3-2-4-19(20)30-22/h2-12H,13,28H2,1H3,(H,29,33). The van der Waals surface area contributed by atoms with Crippen molar-refractivity contribution < 1.29 is 4.79 Å². The number of hydrogen-bond donors (Lipinski definition) is 2. The number of nitrogen functional groups attached to an aromatic ring is 1. The molecule has 0 spiro atoms. The van der Waals surface area contributed by atoms with Crippen molar-refractivity contribution in [3.8, 4) is 5.69 Å². The van der Waals surface area contributed by atoms with Crippen molar-refractivity contribution in [2.24, 2.45) is 0 Å². The minimum atomic E-state index is -0.339. The number of aryl methyl sites for hydroxylation is 1. The number of nitrogens with two attached hydrogens (primary N) is 1. The lowest BCUT2D eigenvalue weighted by molar-refractivity contribution is 0.0953. The number of hydrogen-bond acceptors (Lipinski definition) is 4.